The van der Waals surface area contributed by atoms with Crippen LogP contribution in [0.4, 0.5) is 11.6 Å². The summed E-state index contributed by atoms with van der Waals surface area (Å²) in [5.41, 5.74) is 3.77. The lowest BCUT2D eigenvalue weighted by Crippen LogP contribution is -2.30. The Hall–Kier alpha value is -4.11. The number of rotatable bonds is 6. The molecule has 3 aromatic heterocycles. The van der Waals surface area contributed by atoms with Gasteiger partial charge in [-0.05, 0) is 97.6 Å². The van der Waals surface area contributed by atoms with Crippen LogP contribution in [0.2, 0.25) is 15.7 Å². The Morgan fingerprint density at radius 1 is 0.851 bits per heavy atom. The maximum Gasteiger partial charge on any atom is 0.230 e. The van der Waals surface area contributed by atoms with Gasteiger partial charge in [0.1, 0.15) is 17.5 Å². The van der Waals surface area contributed by atoms with Crippen molar-refractivity contribution in [2.75, 3.05) is 31.1 Å². The van der Waals surface area contributed by atoms with Crippen molar-refractivity contribution in [2.24, 2.45) is 5.92 Å². The van der Waals surface area contributed by atoms with Crippen molar-refractivity contribution in [1.82, 2.24) is 34.8 Å². The number of halogens is 3. The minimum atomic E-state index is 0.102. The summed E-state index contributed by atoms with van der Waals surface area (Å²) < 4.78 is 5.86. The van der Waals surface area contributed by atoms with Crippen LogP contribution in [0, 0.1) is 17.4 Å². The van der Waals surface area contributed by atoms with Crippen molar-refractivity contribution in [3.05, 3.63) is 87.7 Å². The zero-order chi connectivity index (χ0) is 32.8. The highest BCUT2D eigenvalue weighted by molar-refractivity contribution is 6.31. The van der Waals surface area contributed by atoms with Crippen LogP contribution >= 0.6 is 34.8 Å². The molecule has 11 nitrogen and oxygen atoms in total. The lowest BCUT2D eigenvalue weighted by Gasteiger charge is -2.30. The number of likely N-dealkylation sites (tertiary alicyclic amines) is 1. The van der Waals surface area contributed by atoms with Crippen molar-refractivity contribution in [1.29, 1.82) is 5.26 Å². The molecule has 2 aliphatic carbocycles. The van der Waals surface area contributed by atoms with E-state index in [0.717, 1.165) is 30.0 Å². The summed E-state index contributed by atoms with van der Waals surface area (Å²) in [4.78, 5) is 40.9. The molecule has 1 saturated heterocycles. The fourth-order valence-electron chi connectivity index (χ4n) is 5.44. The molecule has 1 atom stereocenters. The van der Waals surface area contributed by atoms with Gasteiger partial charge in [0.2, 0.25) is 16.5 Å². The maximum atomic E-state index is 12.8. The average molecular weight is 693 g/mol. The highest BCUT2D eigenvalue weighted by atomic mass is 35.5. The second-order valence-corrected chi connectivity index (χ2v) is 12.8. The number of anilines is 2. The third kappa shape index (κ3) is 9.04. The molecule has 242 valence electrons. The van der Waals surface area contributed by atoms with Crippen LogP contribution in [0.1, 0.15) is 72.1 Å². The van der Waals surface area contributed by atoms with Crippen molar-refractivity contribution < 1.29 is 9.53 Å². The number of hydrogen-bond donors (Lipinski definition) is 0. The number of ether oxygens (including phenoxy) is 1. The Labute approximate surface area is 287 Å². The minimum Gasteiger partial charge on any atom is -0.490 e. The van der Waals surface area contributed by atoms with Crippen LogP contribution < -0.4 is 9.64 Å². The van der Waals surface area contributed by atoms with Gasteiger partial charge in [-0.2, -0.15) is 5.26 Å². The number of fused-ring (bicyclic) bond motifs is 1. The number of nitrogens with zero attached hydrogens (tertiary/aromatic N) is 9. The van der Waals surface area contributed by atoms with Crippen LogP contribution in [-0.4, -0.2) is 66.8 Å². The third-order valence-corrected chi connectivity index (χ3v) is 8.76. The first-order valence-corrected chi connectivity index (χ1v) is 16.7. The van der Waals surface area contributed by atoms with Gasteiger partial charge in [0.15, 0.2) is 12.0 Å². The molecule has 2 aliphatic heterocycles. The van der Waals surface area contributed by atoms with Gasteiger partial charge < -0.3 is 14.5 Å². The number of aromatic nitrogens is 6. The molecule has 47 heavy (non-hydrogen) atoms. The quantitative estimate of drug-likeness (QED) is 0.0890. The van der Waals surface area contributed by atoms with E-state index in [9.17, 15) is 4.79 Å². The summed E-state index contributed by atoms with van der Waals surface area (Å²) in [6.45, 7) is 2.63. The van der Waals surface area contributed by atoms with Gasteiger partial charge in [-0.25, -0.2) is 29.9 Å². The maximum absolute atomic E-state index is 12.8. The second kappa shape index (κ2) is 15.2. The van der Waals surface area contributed by atoms with Crippen LogP contribution in [0.5, 0.6) is 5.75 Å². The van der Waals surface area contributed by atoms with E-state index < -0.39 is 0 Å². The number of hydrogen-bond acceptors (Lipinski definition) is 11. The van der Waals surface area contributed by atoms with E-state index in [0.29, 0.717) is 65.7 Å². The van der Waals surface area contributed by atoms with E-state index in [-0.39, 0.29) is 17.0 Å². The summed E-state index contributed by atoms with van der Waals surface area (Å²) in [6.07, 6.45) is 13.5. The first-order valence-electron chi connectivity index (χ1n) is 15.5. The van der Waals surface area contributed by atoms with E-state index in [1.807, 2.05) is 36.5 Å². The van der Waals surface area contributed by atoms with Gasteiger partial charge >= 0.3 is 0 Å². The zero-order valence-electron chi connectivity index (χ0n) is 25.5. The average Bonchev–Trinajstić information content (AvgIpc) is 4.03. The first-order chi connectivity index (χ1) is 22.9. The summed E-state index contributed by atoms with van der Waals surface area (Å²) in [6, 6.07) is 11.1. The fourth-order valence-corrected chi connectivity index (χ4v) is 5.92. The van der Waals surface area contributed by atoms with E-state index >= 15 is 0 Å². The van der Waals surface area contributed by atoms with Gasteiger partial charge in [-0.3, -0.25) is 4.79 Å². The van der Waals surface area contributed by atoms with Gasteiger partial charge in [0.05, 0.1) is 12.2 Å². The Bertz CT molecular complexity index is 1750. The molecule has 2 saturated carbocycles. The molecule has 0 spiro atoms. The van der Waals surface area contributed by atoms with E-state index in [1.54, 1.807) is 17.2 Å². The van der Waals surface area contributed by atoms with Crippen molar-refractivity contribution in [3.8, 4) is 11.9 Å². The molecule has 0 bridgehead atoms. The van der Waals surface area contributed by atoms with Gasteiger partial charge in [-0.15, -0.1) is 0 Å². The Kier molecular flexibility index (Phi) is 10.6. The molecule has 14 heteroatoms. The second-order valence-electron chi connectivity index (χ2n) is 11.7. The Balaban J connectivity index is 0.000000174. The molecule has 0 radical (unpaired) electrons. The van der Waals surface area contributed by atoms with Crippen LogP contribution in [0.25, 0.3) is 0 Å². The number of benzene rings is 1. The highest BCUT2D eigenvalue weighted by Crippen LogP contribution is 2.41. The lowest BCUT2D eigenvalue weighted by molar-refractivity contribution is 0.0962. The Morgan fingerprint density at radius 2 is 1.53 bits per heavy atom. The molecule has 4 aliphatic rings. The molecule has 5 heterocycles. The van der Waals surface area contributed by atoms with Gasteiger partial charge in [-0.1, -0.05) is 11.6 Å². The van der Waals surface area contributed by atoms with Crippen LogP contribution in [0.15, 0.2) is 55.0 Å². The number of ketones is 1. The molecule has 4 aromatic rings. The predicted molar refractivity (Wildman–Crippen MR) is 178 cm³/mol. The summed E-state index contributed by atoms with van der Waals surface area (Å²) in [5.74, 6) is 2.98. The van der Waals surface area contributed by atoms with Gasteiger partial charge in [0, 0.05) is 66.9 Å². The molecule has 0 amide bonds. The van der Waals surface area contributed by atoms with E-state index in [4.69, 9.17) is 49.8 Å². The van der Waals surface area contributed by atoms with Crippen LogP contribution in [0.3, 0.4) is 0 Å². The zero-order valence-corrected chi connectivity index (χ0v) is 27.7. The molecule has 3 fully saturated rings. The standard InChI is InChI=1S/C22H23N5O2.C7H7ClN2.C4H2Cl2N2/c23-14-26-8-6-15(13-26)11-20(28)17-3-4-19-21(12-17)29-10-9-27(19)22-24-7-5-18(25-22)16-1-2-16;8-7-9-4-3-6(10-7)5-1-2-5;5-3-1-2-7-4(6)8-3/h3-5,7,12,15-16H,1-2,6,8-11,13H2;3-5H,1-2H2;1-2H/t15-;;/m0../s1. The first kappa shape index (κ1) is 32.8. The summed E-state index contributed by atoms with van der Waals surface area (Å²) in [5, 5.41) is 9.91. The smallest absolute Gasteiger partial charge is 0.230 e. The topological polar surface area (TPSA) is 134 Å². The summed E-state index contributed by atoms with van der Waals surface area (Å²) >= 11 is 16.3. The van der Waals surface area contributed by atoms with Crippen molar-refractivity contribution >= 4 is 52.2 Å². The number of nitriles is 1. The van der Waals surface area contributed by atoms with Crippen molar-refractivity contribution in [3.63, 3.8) is 0 Å². The van der Waals surface area contributed by atoms with Gasteiger partial charge in [0.25, 0.3) is 0 Å². The molecule has 0 unspecified atom stereocenters. The highest BCUT2D eigenvalue weighted by Gasteiger charge is 2.29. The minimum absolute atomic E-state index is 0.102. The van der Waals surface area contributed by atoms with Crippen LogP contribution in [-0.2, 0) is 0 Å². The number of carbonyl (C=O) groups is 1. The summed E-state index contributed by atoms with van der Waals surface area (Å²) in [7, 11) is 0. The third-order valence-electron chi connectivity index (χ3n) is 8.18. The van der Waals surface area contributed by atoms with Crippen molar-refractivity contribution in [2.45, 2.75) is 50.4 Å². The molecular weight excluding hydrogens is 661 g/mol. The molecule has 8 rings (SSSR count). The normalized spacial score (nSPS) is 18.0. The monoisotopic (exact) mass is 691 g/mol. The lowest BCUT2D eigenvalue weighted by atomic mass is 9.97. The SMILES string of the molecule is Clc1ccnc(Cl)n1.Clc1nccc(C2CC2)n1.N#CN1CC[C@@H](CC(=O)c2ccc3c(c2)OCCN3c2nccc(C3CC3)n2)C1. The molecule has 1 aromatic carbocycles. The molecule has 0 N–H and O–H groups in total. The largest absolute Gasteiger partial charge is 0.490 e. The molecular formula is C33H32Cl3N9O2. The number of carbonyl (C=O) groups excluding carboxylic acids is 1. The fraction of sp³-hybridized carbons (Fsp3) is 0.394. The Morgan fingerprint density at radius 3 is 2.15 bits per heavy atom. The predicted octanol–water partition coefficient (Wildman–Crippen LogP) is 7.05. The number of Topliss-reactive ketones (excluding diaryl/α,β-unsaturated/α-hetero) is 1. The van der Waals surface area contributed by atoms with E-state index in [1.165, 1.54) is 31.9 Å². The van der Waals surface area contributed by atoms with E-state index in [2.05, 4.69) is 36.0 Å².